The number of ether oxygens (including phenoxy) is 1. The van der Waals surface area contributed by atoms with Crippen LogP contribution in [0.15, 0.2) is 18.2 Å². The Morgan fingerprint density at radius 1 is 1.04 bits per heavy atom. The largest absolute Gasteiger partial charge is 0.478 e. The Kier molecular flexibility index (Phi) is 7.25. The molecule has 0 aliphatic rings. The smallest absolute Gasteiger partial charge is 0.339 e. The van der Waals surface area contributed by atoms with Gasteiger partial charge in [0.2, 0.25) is 0 Å². The molecule has 0 atom stereocenters. The molecule has 0 saturated carbocycles. The lowest BCUT2D eigenvalue weighted by Crippen LogP contribution is -2.17. The minimum Gasteiger partial charge on any atom is -0.478 e. The van der Waals surface area contributed by atoms with Gasteiger partial charge < -0.3 is 14.9 Å². The summed E-state index contributed by atoms with van der Waals surface area (Å²) in [6.45, 7) is 4.40. The van der Waals surface area contributed by atoms with E-state index in [0.717, 1.165) is 25.3 Å². The number of hydrogen-bond donors (Lipinski definition) is 2. The van der Waals surface area contributed by atoms with Crippen molar-refractivity contribution >= 4 is 17.9 Å². The van der Waals surface area contributed by atoms with Crippen molar-refractivity contribution in [2.75, 3.05) is 6.61 Å². The first-order valence-corrected chi connectivity index (χ1v) is 7.69. The maximum atomic E-state index is 12.1. The van der Waals surface area contributed by atoms with Crippen LogP contribution in [0.1, 0.15) is 70.6 Å². The number of carboxylic acid groups (broad SMARTS) is 2. The van der Waals surface area contributed by atoms with Gasteiger partial charge >= 0.3 is 17.9 Å². The van der Waals surface area contributed by atoms with Gasteiger partial charge in [0.1, 0.15) is 0 Å². The highest BCUT2D eigenvalue weighted by Gasteiger charge is 2.24. The highest BCUT2D eigenvalue weighted by molar-refractivity contribution is 6.09. The zero-order valence-electron chi connectivity index (χ0n) is 13.4. The molecule has 0 radical (unpaired) electrons. The summed E-state index contributed by atoms with van der Waals surface area (Å²) in [5.41, 5.74) is -1.20. The molecule has 0 spiro atoms. The summed E-state index contributed by atoms with van der Waals surface area (Å²) in [6.07, 6.45) is 3.75. The van der Waals surface area contributed by atoms with Crippen LogP contribution in [0.5, 0.6) is 0 Å². The molecule has 0 aromatic heterocycles. The van der Waals surface area contributed by atoms with E-state index in [-0.39, 0.29) is 12.2 Å². The maximum absolute atomic E-state index is 12.1. The average Bonchev–Trinajstić information content (AvgIpc) is 2.53. The lowest BCUT2D eigenvalue weighted by molar-refractivity contribution is 0.0482. The van der Waals surface area contributed by atoms with Gasteiger partial charge in [0.15, 0.2) is 0 Å². The standard InChI is InChI=1S/C17H22O6/c1-3-11(4-2)7-6-10-23-17(22)13-9-5-8-12(15(18)19)14(13)16(20)21/h5,8-9,11H,3-4,6-7,10H2,1-2H3,(H,18,19)(H,20,21). The van der Waals surface area contributed by atoms with Gasteiger partial charge in [0, 0.05) is 0 Å². The molecule has 0 heterocycles. The Morgan fingerprint density at radius 2 is 1.65 bits per heavy atom. The molecule has 0 aliphatic heterocycles. The third kappa shape index (κ3) is 5.09. The SMILES string of the molecule is CCC(CC)CCCOC(=O)c1cccc(C(=O)O)c1C(=O)O. The summed E-state index contributed by atoms with van der Waals surface area (Å²) < 4.78 is 5.10. The summed E-state index contributed by atoms with van der Waals surface area (Å²) in [5.74, 6) is -3.09. The normalized spacial score (nSPS) is 10.6. The fraction of sp³-hybridized carbons (Fsp3) is 0.471. The molecule has 23 heavy (non-hydrogen) atoms. The van der Waals surface area contributed by atoms with Crippen LogP contribution >= 0.6 is 0 Å². The monoisotopic (exact) mass is 322 g/mol. The number of aromatic carboxylic acids is 2. The number of rotatable bonds is 9. The number of hydrogen-bond acceptors (Lipinski definition) is 4. The maximum Gasteiger partial charge on any atom is 0.339 e. The Bertz CT molecular complexity index is 574. The lowest BCUT2D eigenvalue weighted by Gasteiger charge is -2.12. The van der Waals surface area contributed by atoms with E-state index < -0.39 is 29.0 Å². The van der Waals surface area contributed by atoms with Crippen molar-refractivity contribution in [3.05, 3.63) is 34.9 Å². The predicted octanol–water partition coefficient (Wildman–Crippen LogP) is 3.46. The summed E-state index contributed by atoms with van der Waals surface area (Å²) in [4.78, 5) is 34.4. The molecular formula is C17H22O6. The van der Waals surface area contributed by atoms with E-state index in [2.05, 4.69) is 13.8 Å². The Hall–Kier alpha value is -2.37. The summed E-state index contributed by atoms with van der Waals surface area (Å²) >= 11 is 0. The quantitative estimate of drug-likeness (QED) is 0.533. The van der Waals surface area contributed by atoms with Crippen LogP contribution in [0, 0.1) is 5.92 Å². The van der Waals surface area contributed by atoms with Crippen molar-refractivity contribution < 1.29 is 29.3 Å². The van der Waals surface area contributed by atoms with Crippen LogP contribution in [0.25, 0.3) is 0 Å². The van der Waals surface area contributed by atoms with Gasteiger partial charge in [0.25, 0.3) is 0 Å². The predicted molar refractivity (Wildman–Crippen MR) is 83.9 cm³/mol. The molecule has 0 unspecified atom stereocenters. The fourth-order valence-corrected chi connectivity index (χ4v) is 2.44. The molecule has 0 amide bonds. The average molecular weight is 322 g/mol. The van der Waals surface area contributed by atoms with Gasteiger partial charge in [-0.25, -0.2) is 14.4 Å². The van der Waals surface area contributed by atoms with E-state index in [1.165, 1.54) is 12.1 Å². The molecule has 0 bridgehead atoms. The highest BCUT2D eigenvalue weighted by atomic mass is 16.5. The second-order valence-electron chi connectivity index (χ2n) is 5.30. The fourth-order valence-electron chi connectivity index (χ4n) is 2.44. The van der Waals surface area contributed by atoms with Crippen LogP contribution in [-0.4, -0.2) is 34.7 Å². The topological polar surface area (TPSA) is 101 Å². The number of carbonyl (C=O) groups is 3. The van der Waals surface area contributed by atoms with E-state index in [1.54, 1.807) is 0 Å². The number of carboxylic acids is 2. The van der Waals surface area contributed by atoms with Gasteiger partial charge in [-0.3, -0.25) is 0 Å². The molecule has 0 aliphatic carbocycles. The number of benzene rings is 1. The van der Waals surface area contributed by atoms with Gasteiger partial charge in [-0.15, -0.1) is 0 Å². The first-order chi connectivity index (χ1) is 10.9. The Balaban J connectivity index is 2.79. The second-order valence-corrected chi connectivity index (χ2v) is 5.30. The summed E-state index contributed by atoms with van der Waals surface area (Å²) in [7, 11) is 0. The third-order valence-electron chi connectivity index (χ3n) is 3.87. The van der Waals surface area contributed by atoms with E-state index >= 15 is 0 Å². The minimum absolute atomic E-state index is 0.186. The molecular weight excluding hydrogens is 300 g/mol. The molecule has 1 rings (SSSR count). The molecule has 0 saturated heterocycles. The van der Waals surface area contributed by atoms with E-state index in [0.29, 0.717) is 12.3 Å². The molecule has 0 fully saturated rings. The molecule has 1 aromatic rings. The Morgan fingerprint density at radius 3 is 2.17 bits per heavy atom. The van der Waals surface area contributed by atoms with Crippen molar-refractivity contribution in [3.63, 3.8) is 0 Å². The third-order valence-corrected chi connectivity index (χ3v) is 3.87. The molecule has 6 heteroatoms. The van der Waals surface area contributed by atoms with Crippen molar-refractivity contribution in [2.45, 2.75) is 39.5 Å². The highest BCUT2D eigenvalue weighted by Crippen LogP contribution is 2.18. The number of esters is 1. The van der Waals surface area contributed by atoms with E-state index in [9.17, 15) is 19.5 Å². The summed E-state index contributed by atoms with van der Waals surface area (Å²) in [5, 5.41) is 18.2. The van der Waals surface area contributed by atoms with Crippen LogP contribution < -0.4 is 0 Å². The molecule has 1 aromatic carbocycles. The number of carbonyl (C=O) groups excluding carboxylic acids is 1. The minimum atomic E-state index is -1.47. The van der Waals surface area contributed by atoms with Gasteiger partial charge in [-0.2, -0.15) is 0 Å². The first kappa shape index (κ1) is 18.7. The second kappa shape index (κ2) is 8.92. The van der Waals surface area contributed by atoms with Crippen LogP contribution in [0.3, 0.4) is 0 Å². The van der Waals surface area contributed by atoms with E-state index in [1.807, 2.05) is 0 Å². The Labute approximate surface area is 135 Å². The summed E-state index contributed by atoms with van der Waals surface area (Å²) in [6, 6.07) is 3.74. The van der Waals surface area contributed by atoms with Crippen LogP contribution in [-0.2, 0) is 4.74 Å². The van der Waals surface area contributed by atoms with Crippen molar-refractivity contribution in [1.82, 2.24) is 0 Å². The van der Waals surface area contributed by atoms with Gasteiger partial charge in [0.05, 0.1) is 23.3 Å². The van der Waals surface area contributed by atoms with Crippen LogP contribution in [0.4, 0.5) is 0 Å². The van der Waals surface area contributed by atoms with Gasteiger partial charge in [-0.05, 0) is 30.9 Å². The lowest BCUT2D eigenvalue weighted by atomic mass is 9.98. The zero-order valence-corrected chi connectivity index (χ0v) is 13.4. The molecule has 6 nitrogen and oxygen atoms in total. The first-order valence-electron chi connectivity index (χ1n) is 7.69. The van der Waals surface area contributed by atoms with Crippen molar-refractivity contribution in [1.29, 1.82) is 0 Å². The molecule has 2 N–H and O–H groups in total. The molecule has 126 valence electrons. The van der Waals surface area contributed by atoms with Gasteiger partial charge in [-0.1, -0.05) is 32.8 Å². The zero-order chi connectivity index (χ0) is 17.4. The van der Waals surface area contributed by atoms with Crippen molar-refractivity contribution in [2.24, 2.45) is 5.92 Å². The van der Waals surface area contributed by atoms with Crippen LogP contribution in [0.2, 0.25) is 0 Å². The van der Waals surface area contributed by atoms with Crippen molar-refractivity contribution in [3.8, 4) is 0 Å². The van der Waals surface area contributed by atoms with E-state index in [4.69, 9.17) is 9.84 Å².